The van der Waals surface area contributed by atoms with Crippen molar-refractivity contribution in [1.82, 2.24) is 4.72 Å². The normalized spacial score (nSPS) is 15.6. The number of hydrogen-bond donors (Lipinski definition) is 2. The van der Waals surface area contributed by atoms with Crippen LogP contribution in [0.3, 0.4) is 0 Å². The van der Waals surface area contributed by atoms with Crippen LogP contribution in [0.5, 0.6) is 0 Å². The number of carbonyl (C=O) groups excluding carboxylic acids is 1. The zero-order valence-corrected chi connectivity index (χ0v) is 15.7. The standard InChI is InChI=1S/C20H24N2O3S/c1-15-7-11-17(12-8-15)21-20(23)16-9-13-19(14-10-16)26(24,25)22-18-5-3-2-4-6-18/h7-14,18,22H,2-6H2,1H3,(H,21,23). The lowest BCUT2D eigenvalue weighted by Gasteiger charge is -2.22. The van der Waals surface area contributed by atoms with E-state index in [0.29, 0.717) is 11.3 Å². The predicted molar refractivity (Wildman–Crippen MR) is 103 cm³/mol. The molecule has 138 valence electrons. The maximum Gasteiger partial charge on any atom is 0.255 e. The molecular weight excluding hydrogens is 348 g/mol. The van der Waals surface area contributed by atoms with Crippen molar-refractivity contribution < 1.29 is 13.2 Å². The fourth-order valence-electron chi connectivity index (χ4n) is 3.13. The molecular formula is C20H24N2O3S. The van der Waals surface area contributed by atoms with Gasteiger partial charge in [-0.1, -0.05) is 37.0 Å². The lowest BCUT2D eigenvalue weighted by atomic mass is 9.96. The molecule has 2 aromatic rings. The van der Waals surface area contributed by atoms with E-state index < -0.39 is 10.0 Å². The van der Waals surface area contributed by atoms with Crippen molar-refractivity contribution >= 4 is 21.6 Å². The summed E-state index contributed by atoms with van der Waals surface area (Å²) < 4.78 is 27.8. The molecule has 3 rings (SSSR count). The number of sulfonamides is 1. The van der Waals surface area contributed by atoms with Crippen molar-refractivity contribution in [2.24, 2.45) is 0 Å². The van der Waals surface area contributed by atoms with Crippen molar-refractivity contribution in [3.8, 4) is 0 Å². The lowest BCUT2D eigenvalue weighted by molar-refractivity contribution is 0.102. The first kappa shape index (κ1) is 18.6. The first-order valence-electron chi connectivity index (χ1n) is 8.94. The molecule has 2 aromatic carbocycles. The van der Waals surface area contributed by atoms with Crippen LogP contribution in [-0.4, -0.2) is 20.4 Å². The van der Waals surface area contributed by atoms with Crippen LogP contribution in [0.1, 0.15) is 48.0 Å². The van der Waals surface area contributed by atoms with Crippen LogP contribution < -0.4 is 10.0 Å². The molecule has 0 bridgehead atoms. The smallest absolute Gasteiger partial charge is 0.255 e. The van der Waals surface area contributed by atoms with Gasteiger partial charge in [0, 0.05) is 17.3 Å². The second-order valence-corrected chi connectivity index (χ2v) is 8.51. The minimum atomic E-state index is -3.55. The minimum Gasteiger partial charge on any atom is -0.322 e. The highest BCUT2D eigenvalue weighted by molar-refractivity contribution is 7.89. The van der Waals surface area contributed by atoms with Gasteiger partial charge in [-0.15, -0.1) is 0 Å². The third-order valence-corrected chi connectivity index (χ3v) is 6.20. The number of carbonyl (C=O) groups is 1. The van der Waals surface area contributed by atoms with E-state index in [2.05, 4.69) is 10.0 Å². The summed E-state index contributed by atoms with van der Waals surface area (Å²) >= 11 is 0. The molecule has 0 atom stereocenters. The molecule has 2 N–H and O–H groups in total. The Labute approximate surface area is 154 Å². The molecule has 1 amide bonds. The van der Waals surface area contributed by atoms with Gasteiger partial charge in [0.15, 0.2) is 0 Å². The van der Waals surface area contributed by atoms with Gasteiger partial charge < -0.3 is 5.32 Å². The van der Waals surface area contributed by atoms with Gasteiger partial charge in [-0.05, 0) is 56.2 Å². The van der Waals surface area contributed by atoms with Crippen LogP contribution in [0.25, 0.3) is 0 Å². The molecule has 0 aliphatic heterocycles. The fraction of sp³-hybridized carbons (Fsp3) is 0.350. The Hall–Kier alpha value is -2.18. The van der Waals surface area contributed by atoms with E-state index in [1.807, 2.05) is 31.2 Å². The predicted octanol–water partition coefficient (Wildman–Crippen LogP) is 3.86. The Kier molecular flexibility index (Phi) is 5.74. The van der Waals surface area contributed by atoms with Crippen LogP contribution in [0, 0.1) is 6.92 Å². The van der Waals surface area contributed by atoms with Gasteiger partial charge >= 0.3 is 0 Å². The monoisotopic (exact) mass is 372 g/mol. The number of hydrogen-bond acceptors (Lipinski definition) is 3. The molecule has 1 aliphatic carbocycles. The summed E-state index contributed by atoms with van der Waals surface area (Å²) in [5, 5.41) is 2.81. The van der Waals surface area contributed by atoms with E-state index >= 15 is 0 Å². The average molecular weight is 372 g/mol. The summed E-state index contributed by atoms with van der Waals surface area (Å²) in [6.45, 7) is 1.98. The second kappa shape index (κ2) is 8.01. The van der Waals surface area contributed by atoms with Crippen LogP contribution in [0.2, 0.25) is 0 Å². The van der Waals surface area contributed by atoms with E-state index in [1.165, 1.54) is 18.6 Å². The summed E-state index contributed by atoms with van der Waals surface area (Å²) in [4.78, 5) is 12.5. The first-order chi connectivity index (χ1) is 12.4. The summed E-state index contributed by atoms with van der Waals surface area (Å²) in [5.74, 6) is -0.266. The average Bonchev–Trinajstić information content (AvgIpc) is 2.64. The molecule has 0 heterocycles. The number of benzene rings is 2. The summed E-state index contributed by atoms with van der Waals surface area (Å²) in [7, 11) is -3.55. The molecule has 0 unspecified atom stereocenters. The van der Waals surface area contributed by atoms with Crippen LogP contribution in [0.15, 0.2) is 53.4 Å². The van der Waals surface area contributed by atoms with Crippen LogP contribution in [0.4, 0.5) is 5.69 Å². The van der Waals surface area contributed by atoms with Gasteiger partial charge in [-0.3, -0.25) is 4.79 Å². The number of amides is 1. The van der Waals surface area contributed by atoms with Crippen LogP contribution >= 0.6 is 0 Å². The molecule has 0 aromatic heterocycles. The maximum atomic E-state index is 12.5. The van der Waals surface area contributed by atoms with Gasteiger partial charge in [0.05, 0.1) is 4.90 Å². The number of rotatable bonds is 5. The van der Waals surface area contributed by atoms with E-state index in [0.717, 1.165) is 31.2 Å². The lowest BCUT2D eigenvalue weighted by Crippen LogP contribution is -2.36. The molecule has 0 saturated heterocycles. The molecule has 26 heavy (non-hydrogen) atoms. The van der Waals surface area contributed by atoms with Gasteiger partial charge in [0.1, 0.15) is 0 Å². The van der Waals surface area contributed by atoms with Gasteiger partial charge in [0.25, 0.3) is 5.91 Å². The Morgan fingerprint density at radius 2 is 1.54 bits per heavy atom. The van der Waals surface area contributed by atoms with Gasteiger partial charge in [0.2, 0.25) is 10.0 Å². The summed E-state index contributed by atoms with van der Waals surface area (Å²) in [6.07, 6.45) is 5.06. The molecule has 1 fully saturated rings. The number of nitrogens with one attached hydrogen (secondary N) is 2. The Balaban J connectivity index is 1.67. The van der Waals surface area contributed by atoms with Crippen molar-refractivity contribution in [3.63, 3.8) is 0 Å². The molecule has 1 saturated carbocycles. The summed E-state index contributed by atoms with van der Waals surface area (Å²) in [5.41, 5.74) is 2.24. The third kappa shape index (κ3) is 4.71. The van der Waals surface area contributed by atoms with E-state index in [9.17, 15) is 13.2 Å². The topological polar surface area (TPSA) is 75.3 Å². The number of aryl methyl sites for hydroxylation is 1. The SMILES string of the molecule is Cc1ccc(NC(=O)c2ccc(S(=O)(=O)NC3CCCCC3)cc2)cc1. The van der Waals surface area contributed by atoms with E-state index in [1.54, 1.807) is 12.1 Å². The third-order valence-electron chi connectivity index (χ3n) is 4.66. The Morgan fingerprint density at radius 3 is 2.15 bits per heavy atom. The number of anilines is 1. The van der Waals surface area contributed by atoms with Crippen molar-refractivity contribution in [1.29, 1.82) is 0 Å². The highest BCUT2D eigenvalue weighted by Gasteiger charge is 2.22. The van der Waals surface area contributed by atoms with Gasteiger partial charge in [-0.25, -0.2) is 13.1 Å². The highest BCUT2D eigenvalue weighted by Crippen LogP contribution is 2.20. The largest absolute Gasteiger partial charge is 0.322 e. The Morgan fingerprint density at radius 1 is 0.923 bits per heavy atom. The quantitative estimate of drug-likeness (QED) is 0.837. The van der Waals surface area contributed by atoms with Gasteiger partial charge in [-0.2, -0.15) is 0 Å². The fourth-order valence-corrected chi connectivity index (χ4v) is 4.44. The van der Waals surface area contributed by atoms with E-state index in [4.69, 9.17) is 0 Å². The van der Waals surface area contributed by atoms with Crippen molar-refractivity contribution in [2.45, 2.75) is 50.0 Å². The van der Waals surface area contributed by atoms with Crippen molar-refractivity contribution in [3.05, 3.63) is 59.7 Å². The molecule has 0 radical (unpaired) electrons. The molecule has 6 heteroatoms. The minimum absolute atomic E-state index is 0.0123. The highest BCUT2D eigenvalue weighted by atomic mass is 32.2. The zero-order chi connectivity index (χ0) is 18.6. The summed E-state index contributed by atoms with van der Waals surface area (Å²) in [6, 6.07) is 13.6. The zero-order valence-electron chi connectivity index (χ0n) is 14.9. The maximum absolute atomic E-state index is 12.5. The first-order valence-corrected chi connectivity index (χ1v) is 10.4. The van der Waals surface area contributed by atoms with Crippen molar-refractivity contribution in [2.75, 3.05) is 5.32 Å². The van der Waals surface area contributed by atoms with E-state index in [-0.39, 0.29) is 16.8 Å². The molecule has 5 nitrogen and oxygen atoms in total. The Bertz CT molecular complexity index is 853. The second-order valence-electron chi connectivity index (χ2n) is 6.80. The van der Waals surface area contributed by atoms with Crippen LogP contribution in [-0.2, 0) is 10.0 Å². The molecule has 0 spiro atoms. The molecule has 1 aliphatic rings.